The molecule has 0 heterocycles. The topological polar surface area (TPSA) is 104 Å². The van der Waals surface area contributed by atoms with E-state index in [-0.39, 0.29) is 5.56 Å². The maximum absolute atomic E-state index is 11.3. The molecule has 7 heteroatoms. The number of nitro benzene ring substituents is 1. The van der Waals surface area contributed by atoms with E-state index in [4.69, 9.17) is 16.9 Å². The highest BCUT2D eigenvalue weighted by molar-refractivity contribution is 6.31. The number of phenolic OH excluding ortho intramolecular Hbond substituents is 1. The van der Waals surface area contributed by atoms with Gasteiger partial charge in [-0.05, 0) is 12.1 Å². The number of hydrogen-bond acceptors (Lipinski definition) is 5. The molecule has 1 N–H and O–H groups in total. The van der Waals surface area contributed by atoms with Gasteiger partial charge in [-0.25, -0.2) is 0 Å². The first-order valence-corrected chi connectivity index (χ1v) is 4.56. The van der Waals surface area contributed by atoms with Gasteiger partial charge < -0.3 is 5.11 Å². The summed E-state index contributed by atoms with van der Waals surface area (Å²) in [7, 11) is 0. The van der Waals surface area contributed by atoms with E-state index in [1.165, 1.54) is 6.07 Å². The van der Waals surface area contributed by atoms with Gasteiger partial charge in [0.2, 0.25) is 0 Å². The van der Waals surface area contributed by atoms with Crippen LogP contribution in [0.15, 0.2) is 12.1 Å². The summed E-state index contributed by atoms with van der Waals surface area (Å²) in [4.78, 5) is 21.1. The average Bonchev–Trinajstić information content (AvgIpc) is 2.27. The van der Waals surface area contributed by atoms with Crippen molar-refractivity contribution in [3.8, 4) is 11.8 Å². The predicted octanol–water partition coefficient (Wildman–Crippen LogP) is 1.59. The minimum atomic E-state index is -0.891. The fourth-order valence-electron chi connectivity index (χ4n) is 1.18. The zero-order chi connectivity index (χ0) is 12.3. The van der Waals surface area contributed by atoms with Crippen LogP contribution in [0.25, 0.3) is 0 Å². The molecule has 0 aromatic heterocycles. The highest BCUT2D eigenvalue weighted by Crippen LogP contribution is 2.30. The summed E-state index contributed by atoms with van der Waals surface area (Å²) in [5.41, 5.74) is -1.54. The summed E-state index contributed by atoms with van der Waals surface area (Å²) in [5.74, 6) is -1.65. The quantitative estimate of drug-likeness (QED) is 0.374. The molecule has 16 heavy (non-hydrogen) atoms. The Labute approximate surface area is 94.8 Å². The van der Waals surface area contributed by atoms with Crippen molar-refractivity contribution in [3.63, 3.8) is 0 Å². The Hall–Kier alpha value is -2.13. The van der Waals surface area contributed by atoms with Gasteiger partial charge in [0, 0.05) is 0 Å². The summed E-state index contributed by atoms with van der Waals surface area (Å²) in [6.45, 7) is 0. The van der Waals surface area contributed by atoms with Gasteiger partial charge in [-0.1, -0.05) is 0 Å². The Morgan fingerprint density at radius 2 is 2.25 bits per heavy atom. The minimum absolute atomic E-state index is 0.283. The van der Waals surface area contributed by atoms with Gasteiger partial charge in [0.15, 0.2) is 11.3 Å². The third-order valence-corrected chi connectivity index (χ3v) is 2.11. The molecule has 0 spiro atoms. The fraction of sp³-hybridized carbons (Fsp3) is 0.111. The lowest BCUT2D eigenvalue weighted by atomic mass is 10.0. The lowest BCUT2D eigenvalue weighted by Crippen LogP contribution is -2.06. The van der Waals surface area contributed by atoms with Crippen LogP contribution >= 0.6 is 11.6 Å². The number of alkyl halides is 1. The number of ketones is 1. The normalized spacial score (nSPS) is 9.50. The van der Waals surface area contributed by atoms with E-state index in [0.717, 1.165) is 12.1 Å². The summed E-state index contributed by atoms with van der Waals surface area (Å²) in [6, 6.07) is 3.59. The lowest BCUT2D eigenvalue weighted by Gasteiger charge is -2.02. The van der Waals surface area contributed by atoms with Crippen molar-refractivity contribution in [3.05, 3.63) is 33.4 Å². The van der Waals surface area contributed by atoms with Gasteiger partial charge >= 0.3 is 5.69 Å². The van der Waals surface area contributed by atoms with Crippen LogP contribution in [0, 0.1) is 21.4 Å². The zero-order valence-corrected chi connectivity index (χ0v) is 8.56. The molecule has 1 aromatic rings. The number of nitro groups is 1. The molecule has 0 saturated heterocycles. The largest absolute Gasteiger partial charge is 0.506 e. The van der Waals surface area contributed by atoms with Crippen LogP contribution in [-0.2, 0) is 0 Å². The Bertz CT molecular complexity index is 507. The van der Waals surface area contributed by atoms with Crippen molar-refractivity contribution in [1.29, 1.82) is 5.26 Å². The number of nitrogens with zero attached hydrogens (tertiary/aromatic N) is 2. The third kappa shape index (κ3) is 1.94. The van der Waals surface area contributed by atoms with Crippen molar-refractivity contribution in [1.82, 2.24) is 0 Å². The first-order chi connectivity index (χ1) is 7.52. The SMILES string of the molecule is N#Cc1c(O)ccc(C(=O)CCl)c1[N+](=O)[O-]. The predicted molar refractivity (Wildman–Crippen MR) is 54.5 cm³/mol. The molecule has 0 aliphatic rings. The molecule has 0 atom stereocenters. The van der Waals surface area contributed by atoms with Crippen LogP contribution in [0.4, 0.5) is 5.69 Å². The number of carbonyl (C=O) groups excluding carboxylic acids is 1. The third-order valence-electron chi connectivity index (χ3n) is 1.87. The number of phenols is 1. The number of benzene rings is 1. The summed E-state index contributed by atoms with van der Waals surface area (Å²) in [6.07, 6.45) is 0. The molecule has 0 unspecified atom stereocenters. The van der Waals surface area contributed by atoms with Gasteiger partial charge in [0.1, 0.15) is 11.8 Å². The van der Waals surface area contributed by atoms with Crippen molar-refractivity contribution in [2.24, 2.45) is 0 Å². The summed E-state index contributed by atoms with van der Waals surface area (Å²) < 4.78 is 0. The second kappa shape index (κ2) is 4.59. The van der Waals surface area contributed by atoms with E-state index < -0.39 is 33.6 Å². The van der Waals surface area contributed by atoms with Crippen molar-refractivity contribution >= 4 is 23.1 Å². The molecule has 6 nitrogen and oxygen atoms in total. The zero-order valence-electron chi connectivity index (χ0n) is 7.81. The van der Waals surface area contributed by atoms with Crippen LogP contribution in [0.1, 0.15) is 15.9 Å². The molecular formula is C9H5ClN2O4. The van der Waals surface area contributed by atoms with E-state index in [1.54, 1.807) is 0 Å². The van der Waals surface area contributed by atoms with Crippen molar-refractivity contribution < 1.29 is 14.8 Å². The maximum Gasteiger partial charge on any atom is 0.301 e. The molecule has 0 saturated carbocycles. The number of nitriles is 1. The molecule has 0 bridgehead atoms. The molecule has 0 fully saturated rings. The molecular weight excluding hydrogens is 236 g/mol. The van der Waals surface area contributed by atoms with Gasteiger partial charge in [-0.3, -0.25) is 14.9 Å². The van der Waals surface area contributed by atoms with Crippen LogP contribution < -0.4 is 0 Å². The first kappa shape index (κ1) is 11.9. The molecule has 82 valence electrons. The lowest BCUT2D eigenvalue weighted by molar-refractivity contribution is -0.385. The van der Waals surface area contributed by atoms with E-state index in [2.05, 4.69) is 0 Å². The number of rotatable bonds is 3. The number of hydrogen-bond donors (Lipinski definition) is 1. The van der Waals surface area contributed by atoms with Gasteiger partial charge in [0.25, 0.3) is 0 Å². The van der Waals surface area contributed by atoms with Crippen LogP contribution in [0.2, 0.25) is 0 Å². The van der Waals surface area contributed by atoms with Crippen LogP contribution in [-0.4, -0.2) is 21.7 Å². The molecule has 0 radical (unpaired) electrons. The Morgan fingerprint density at radius 3 is 2.69 bits per heavy atom. The molecule has 1 rings (SSSR count). The van der Waals surface area contributed by atoms with Gasteiger partial charge in [0.05, 0.1) is 16.4 Å². The molecule has 0 aliphatic heterocycles. The van der Waals surface area contributed by atoms with Gasteiger partial charge in [-0.15, -0.1) is 11.6 Å². The Kier molecular flexibility index (Phi) is 3.43. The van der Waals surface area contributed by atoms with Crippen molar-refractivity contribution in [2.75, 3.05) is 5.88 Å². The minimum Gasteiger partial charge on any atom is -0.506 e. The smallest absolute Gasteiger partial charge is 0.301 e. The molecule has 1 aromatic carbocycles. The monoisotopic (exact) mass is 240 g/mol. The van der Waals surface area contributed by atoms with Crippen molar-refractivity contribution in [2.45, 2.75) is 0 Å². The number of Topliss-reactive ketones (excluding diaryl/α,β-unsaturated/α-hetero) is 1. The summed E-state index contributed by atoms with van der Waals surface area (Å²) in [5, 5.41) is 28.6. The van der Waals surface area contributed by atoms with Crippen LogP contribution in [0.5, 0.6) is 5.75 Å². The second-order valence-corrected chi connectivity index (χ2v) is 3.05. The average molecular weight is 241 g/mol. The Morgan fingerprint density at radius 1 is 1.62 bits per heavy atom. The number of halogens is 1. The summed E-state index contributed by atoms with van der Waals surface area (Å²) >= 11 is 5.28. The molecule has 0 aliphatic carbocycles. The fourth-order valence-corrected chi connectivity index (χ4v) is 1.32. The van der Waals surface area contributed by atoms with Gasteiger partial charge in [-0.2, -0.15) is 5.26 Å². The highest BCUT2D eigenvalue weighted by atomic mass is 35.5. The molecule has 0 amide bonds. The van der Waals surface area contributed by atoms with E-state index >= 15 is 0 Å². The first-order valence-electron chi connectivity index (χ1n) is 4.02. The Balaban J connectivity index is 3.59. The van der Waals surface area contributed by atoms with E-state index in [9.17, 15) is 20.0 Å². The maximum atomic E-state index is 11.3. The van der Waals surface area contributed by atoms with Crippen LogP contribution in [0.3, 0.4) is 0 Å². The van der Waals surface area contributed by atoms with E-state index in [0.29, 0.717) is 0 Å². The standard InChI is InChI=1S/C9H5ClN2O4/c10-3-8(14)5-1-2-7(13)6(4-11)9(5)12(15)16/h1-2,13H,3H2. The highest BCUT2D eigenvalue weighted by Gasteiger charge is 2.26. The number of carbonyl (C=O) groups is 1. The second-order valence-electron chi connectivity index (χ2n) is 2.78. The number of aromatic hydroxyl groups is 1. The van der Waals surface area contributed by atoms with E-state index in [1.807, 2.05) is 0 Å².